The highest BCUT2D eigenvalue weighted by Gasteiger charge is 2.08. The van der Waals surface area contributed by atoms with Crippen LogP contribution in [0.25, 0.3) is 0 Å². The van der Waals surface area contributed by atoms with Crippen molar-refractivity contribution in [1.29, 1.82) is 0 Å². The van der Waals surface area contributed by atoms with Gasteiger partial charge < -0.3 is 15.1 Å². The maximum atomic E-state index is 9.60. The zero-order valence-corrected chi connectivity index (χ0v) is 9.93. The highest BCUT2D eigenvalue weighted by Crippen LogP contribution is 2.17. The Morgan fingerprint density at radius 3 is 2.56 bits per heavy atom. The molecule has 0 saturated heterocycles. The lowest BCUT2D eigenvalue weighted by Gasteiger charge is -2.21. The molecule has 4 nitrogen and oxygen atoms in total. The molecule has 0 bridgehead atoms. The summed E-state index contributed by atoms with van der Waals surface area (Å²) in [5.74, 6) is 0. The van der Waals surface area contributed by atoms with Gasteiger partial charge >= 0.3 is 0 Å². The van der Waals surface area contributed by atoms with E-state index in [1.54, 1.807) is 6.20 Å². The van der Waals surface area contributed by atoms with Crippen LogP contribution in [-0.2, 0) is 0 Å². The van der Waals surface area contributed by atoms with Crippen LogP contribution in [0.2, 0.25) is 0 Å². The molecule has 0 fully saturated rings. The second kappa shape index (κ2) is 6.45. The minimum Gasteiger partial charge on any atom is -0.395 e. The zero-order chi connectivity index (χ0) is 12.0. The molecular formula is C12H20N2O2. The summed E-state index contributed by atoms with van der Waals surface area (Å²) in [7, 11) is 0. The van der Waals surface area contributed by atoms with Gasteiger partial charge in [0.2, 0.25) is 0 Å². The molecule has 0 radical (unpaired) electrons. The number of aromatic nitrogens is 1. The molecule has 0 saturated carbocycles. The van der Waals surface area contributed by atoms with Crippen LogP contribution in [0.4, 0.5) is 5.69 Å². The van der Waals surface area contributed by atoms with Gasteiger partial charge in [-0.05, 0) is 25.5 Å². The highest BCUT2D eigenvalue weighted by molar-refractivity contribution is 5.44. The first-order valence-corrected chi connectivity index (χ1v) is 5.72. The summed E-state index contributed by atoms with van der Waals surface area (Å²) in [6, 6.07) is 3.77. The van der Waals surface area contributed by atoms with Crippen LogP contribution < -0.4 is 4.90 Å². The van der Waals surface area contributed by atoms with Crippen LogP contribution in [0.1, 0.15) is 32.1 Å². The van der Waals surface area contributed by atoms with Crippen molar-refractivity contribution in [2.24, 2.45) is 0 Å². The van der Waals surface area contributed by atoms with E-state index in [0.29, 0.717) is 18.7 Å². The number of nitrogens with zero attached hydrogens (tertiary/aromatic N) is 2. The fourth-order valence-electron chi connectivity index (χ4n) is 1.58. The van der Waals surface area contributed by atoms with Gasteiger partial charge in [-0.25, -0.2) is 0 Å². The molecule has 1 atom stereocenters. The van der Waals surface area contributed by atoms with Gasteiger partial charge in [0.05, 0.1) is 30.3 Å². The summed E-state index contributed by atoms with van der Waals surface area (Å²) in [6.45, 7) is 5.52. The lowest BCUT2D eigenvalue weighted by Crippen LogP contribution is -2.26. The molecule has 1 rings (SSSR count). The Morgan fingerprint density at radius 1 is 1.38 bits per heavy atom. The minimum absolute atomic E-state index is 0.132. The van der Waals surface area contributed by atoms with Gasteiger partial charge in [0, 0.05) is 13.1 Å². The lowest BCUT2D eigenvalue weighted by atomic mass is 10.2. The third kappa shape index (κ3) is 3.18. The molecular weight excluding hydrogens is 204 g/mol. The summed E-state index contributed by atoms with van der Waals surface area (Å²) < 4.78 is 0. The SMILES string of the molecule is CC[C@H](O)c1ccc(N(CC)CCO)cn1. The average Bonchev–Trinajstić information content (AvgIpc) is 2.35. The number of likely N-dealkylation sites (N-methyl/N-ethyl adjacent to an activating group) is 1. The van der Waals surface area contributed by atoms with Crippen molar-refractivity contribution in [3.63, 3.8) is 0 Å². The van der Waals surface area contributed by atoms with Gasteiger partial charge in [-0.15, -0.1) is 0 Å². The maximum Gasteiger partial charge on any atom is 0.0957 e. The molecule has 1 heterocycles. The molecule has 0 aliphatic heterocycles. The molecule has 2 N–H and O–H groups in total. The predicted molar refractivity (Wildman–Crippen MR) is 64.5 cm³/mol. The van der Waals surface area contributed by atoms with Gasteiger partial charge in [-0.2, -0.15) is 0 Å². The molecule has 0 aliphatic carbocycles. The van der Waals surface area contributed by atoms with Crippen LogP contribution >= 0.6 is 0 Å². The van der Waals surface area contributed by atoms with Crippen molar-refractivity contribution in [2.45, 2.75) is 26.4 Å². The normalized spacial score (nSPS) is 12.5. The van der Waals surface area contributed by atoms with E-state index in [4.69, 9.17) is 5.11 Å². The van der Waals surface area contributed by atoms with Gasteiger partial charge in [0.25, 0.3) is 0 Å². The molecule has 1 aromatic heterocycles. The van der Waals surface area contributed by atoms with E-state index < -0.39 is 6.10 Å². The van der Waals surface area contributed by atoms with E-state index in [9.17, 15) is 5.11 Å². The van der Waals surface area contributed by atoms with Crippen molar-refractivity contribution in [1.82, 2.24) is 4.98 Å². The van der Waals surface area contributed by atoms with E-state index in [0.717, 1.165) is 12.2 Å². The molecule has 0 amide bonds. The van der Waals surface area contributed by atoms with E-state index >= 15 is 0 Å². The van der Waals surface area contributed by atoms with Crippen LogP contribution in [0, 0.1) is 0 Å². The molecule has 16 heavy (non-hydrogen) atoms. The number of hydrogen-bond acceptors (Lipinski definition) is 4. The average molecular weight is 224 g/mol. The Balaban J connectivity index is 2.76. The monoisotopic (exact) mass is 224 g/mol. The summed E-state index contributed by atoms with van der Waals surface area (Å²) in [5, 5.41) is 18.5. The van der Waals surface area contributed by atoms with Crippen LogP contribution in [0.3, 0.4) is 0 Å². The first kappa shape index (κ1) is 12.9. The first-order valence-electron chi connectivity index (χ1n) is 5.72. The van der Waals surface area contributed by atoms with E-state index in [-0.39, 0.29) is 6.61 Å². The number of pyridine rings is 1. The molecule has 0 aliphatic rings. The summed E-state index contributed by atoms with van der Waals surface area (Å²) in [4.78, 5) is 6.26. The van der Waals surface area contributed by atoms with Gasteiger partial charge in [0.15, 0.2) is 0 Å². The van der Waals surface area contributed by atoms with Gasteiger partial charge in [0.1, 0.15) is 0 Å². The number of rotatable bonds is 6. The topological polar surface area (TPSA) is 56.6 Å². The fraction of sp³-hybridized carbons (Fsp3) is 0.583. The molecule has 0 spiro atoms. The molecule has 90 valence electrons. The van der Waals surface area contributed by atoms with Gasteiger partial charge in [-0.1, -0.05) is 6.92 Å². The van der Waals surface area contributed by atoms with Crippen molar-refractivity contribution < 1.29 is 10.2 Å². The highest BCUT2D eigenvalue weighted by atomic mass is 16.3. The predicted octanol–water partition coefficient (Wildman–Crippen LogP) is 1.34. The molecule has 0 aromatic carbocycles. The zero-order valence-electron chi connectivity index (χ0n) is 9.93. The number of anilines is 1. The largest absolute Gasteiger partial charge is 0.395 e. The smallest absolute Gasteiger partial charge is 0.0957 e. The lowest BCUT2D eigenvalue weighted by molar-refractivity contribution is 0.169. The maximum absolute atomic E-state index is 9.60. The Hall–Kier alpha value is -1.13. The third-order valence-electron chi connectivity index (χ3n) is 2.62. The Labute approximate surface area is 96.6 Å². The van der Waals surface area contributed by atoms with E-state index in [2.05, 4.69) is 4.98 Å². The van der Waals surface area contributed by atoms with Crippen molar-refractivity contribution >= 4 is 5.69 Å². The number of hydrogen-bond donors (Lipinski definition) is 2. The number of aliphatic hydroxyl groups is 2. The Bertz CT molecular complexity index is 300. The van der Waals surface area contributed by atoms with E-state index in [1.807, 2.05) is 30.9 Å². The fourth-order valence-corrected chi connectivity index (χ4v) is 1.58. The molecule has 1 aromatic rings. The van der Waals surface area contributed by atoms with E-state index in [1.165, 1.54) is 0 Å². The summed E-state index contributed by atoms with van der Waals surface area (Å²) in [6.07, 6.45) is 1.93. The Kier molecular flexibility index (Phi) is 5.22. The van der Waals surface area contributed by atoms with Crippen LogP contribution in [0.15, 0.2) is 18.3 Å². The van der Waals surface area contributed by atoms with Crippen molar-refractivity contribution in [3.8, 4) is 0 Å². The molecule has 0 unspecified atom stereocenters. The van der Waals surface area contributed by atoms with Crippen molar-refractivity contribution in [2.75, 3.05) is 24.6 Å². The standard InChI is InChI=1S/C12H20N2O2/c1-3-12(16)11-6-5-10(9-13-11)14(4-2)7-8-15/h5-6,9,12,15-16H,3-4,7-8H2,1-2H3/t12-/m0/s1. The summed E-state index contributed by atoms with van der Waals surface area (Å²) >= 11 is 0. The van der Waals surface area contributed by atoms with Crippen LogP contribution in [0.5, 0.6) is 0 Å². The first-order chi connectivity index (χ1) is 7.72. The third-order valence-corrected chi connectivity index (χ3v) is 2.62. The quantitative estimate of drug-likeness (QED) is 0.765. The van der Waals surface area contributed by atoms with Gasteiger partial charge in [-0.3, -0.25) is 4.98 Å². The van der Waals surface area contributed by atoms with Crippen LogP contribution in [-0.4, -0.2) is 34.9 Å². The molecule has 4 heteroatoms. The minimum atomic E-state index is -0.484. The second-order valence-electron chi connectivity index (χ2n) is 3.67. The Morgan fingerprint density at radius 2 is 2.12 bits per heavy atom. The van der Waals surface area contributed by atoms with Crippen molar-refractivity contribution in [3.05, 3.63) is 24.0 Å². The summed E-state index contributed by atoms with van der Waals surface area (Å²) in [5.41, 5.74) is 1.68. The number of aliphatic hydroxyl groups excluding tert-OH is 2. The second-order valence-corrected chi connectivity index (χ2v) is 3.67.